The Morgan fingerprint density at radius 3 is 3.06 bits per heavy atom. The number of carboxylic acids is 1. The van der Waals surface area contributed by atoms with Gasteiger partial charge in [0.2, 0.25) is 0 Å². The number of thiophene rings is 1. The minimum atomic E-state index is -0.865. The van der Waals surface area contributed by atoms with Gasteiger partial charge < -0.3 is 15.2 Å². The van der Waals surface area contributed by atoms with Gasteiger partial charge in [-0.3, -0.25) is 0 Å². The minimum absolute atomic E-state index is 0.403. The van der Waals surface area contributed by atoms with E-state index in [1.54, 1.807) is 5.38 Å². The first kappa shape index (κ1) is 13.9. The van der Waals surface area contributed by atoms with Gasteiger partial charge in [0.25, 0.3) is 0 Å². The summed E-state index contributed by atoms with van der Waals surface area (Å²) in [6, 6.07) is 1.83. The van der Waals surface area contributed by atoms with E-state index in [4.69, 9.17) is 9.84 Å². The van der Waals surface area contributed by atoms with Crippen LogP contribution < -0.4 is 5.32 Å². The van der Waals surface area contributed by atoms with Crippen LogP contribution in [0.4, 0.5) is 0 Å². The Balaban J connectivity index is 2.20. The van der Waals surface area contributed by atoms with Crippen LogP contribution in [0.1, 0.15) is 22.2 Å². The fourth-order valence-corrected chi connectivity index (χ4v) is 2.04. The van der Waals surface area contributed by atoms with Gasteiger partial charge in [0.05, 0.1) is 13.2 Å². The average molecular weight is 255 g/mol. The molecule has 0 aliphatic rings. The summed E-state index contributed by atoms with van der Waals surface area (Å²) in [4.78, 5) is 11.2. The van der Waals surface area contributed by atoms with Gasteiger partial charge in [-0.05, 0) is 23.9 Å². The van der Waals surface area contributed by atoms with E-state index in [1.165, 1.54) is 11.3 Å². The van der Waals surface area contributed by atoms with E-state index in [1.807, 2.05) is 13.0 Å². The van der Waals surface area contributed by atoms with E-state index in [9.17, 15) is 4.79 Å². The van der Waals surface area contributed by atoms with Crippen LogP contribution in [0.2, 0.25) is 0 Å². The number of ether oxygens (including phenoxy) is 1. The highest BCUT2D eigenvalue weighted by Gasteiger charge is 2.10. The monoisotopic (exact) mass is 255 g/mol. The molecule has 17 heavy (non-hydrogen) atoms. The summed E-state index contributed by atoms with van der Waals surface area (Å²) in [6.45, 7) is 8.07. The smallest absolute Gasteiger partial charge is 0.346 e. The first-order valence-electron chi connectivity index (χ1n) is 5.33. The zero-order valence-electron chi connectivity index (χ0n) is 9.86. The van der Waals surface area contributed by atoms with E-state index in [-0.39, 0.29) is 0 Å². The largest absolute Gasteiger partial charge is 0.477 e. The molecule has 0 unspecified atom stereocenters. The average Bonchev–Trinajstić information content (AvgIpc) is 2.71. The summed E-state index contributed by atoms with van der Waals surface area (Å²) < 4.78 is 5.32. The lowest BCUT2D eigenvalue weighted by atomic mass is 10.2. The van der Waals surface area contributed by atoms with E-state index in [2.05, 4.69) is 11.9 Å². The molecule has 1 heterocycles. The van der Waals surface area contributed by atoms with Crippen molar-refractivity contribution in [2.75, 3.05) is 19.8 Å². The number of rotatable bonds is 8. The summed E-state index contributed by atoms with van der Waals surface area (Å²) in [5.41, 5.74) is 1.82. The maximum atomic E-state index is 10.8. The van der Waals surface area contributed by atoms with E-state index >= 15 is 0 Å². The minimum Gasteiger partial charge on any atom is -0.477 e. The molecule has 0 spiro atoms. The summed E-state index contributed by atoms with van der Waals surface area (Å²) in [5, 5.41) is 13.8. The zero-order chi connectivity index (χ0) is 12.7. The molecule has 0 saturated carbocycles. The van der Waals surface area contributed by atoms with Gasteiger partial charge in [-0.1, -0.05) is 12.2 Å². The molecular weight excluding hydrogens is 238 g/mol. The van der Waals surface area contributed by atoms with Gasteiger partial charge in [0.15, 0.2) is 0 Å². The van der Waals surface area contributed by atoms with Crippen molar-refractivity contribution in [2.24, 2.45) is 0 Å². The molecule has 0 amide bonds. The molecule has 0 atom stereocenters. The predicted molar refractivity (Wildman–Crippen MR) is 68.6 cm³/mol. The Morgan fingerprint density at radius 1 is 1.65 bits per heavy atom. The molecule has 0 bridgehead atoms. The highest BCUT2D eigenvalue weighted by atomic mass is 32.1. The first-order valence-corrected chi connectivity index (χ1v) is 6.21. The molecule has 0 aliphatic carbocycles. The maximum absolute atomic E-state index is 10.8. The SMILES string of the molecule is C=C(C)COCCNCc1ccsc1C(=O)O. The number of aromatic carboxylic acids is 1. The number of hydrogen-bond acceptors (Lipinski definition) is 4. The molecule has 0 aliphatic heterocycles. The third-order valence-corrected chi connectivity index (χ3v) is 2.97. The molecule has 1 aromatic heterocycles. The van der Waals surface area contributed by atoms with Crippen LogP contribution in [0, 0.1) is 0 Å². The molecule has 0 fully saturated rings. The normalized spacial score (nSPS) is 10.4. The van der Waals surface area contributed by atoms with Crippen molar-refractivity contribution in [3.8, 4) is 0 Å². The van der Waals surface area contributed by atoms with Crippen LogP contribution in [0.25, 0.3) is 0 Å². The van der Waals surface area contributed by atoms with Crippen molar-refractivity contribution in [2.45, 2.75) is 13.5 Å². The van der Waals surface area contributed by atoms with Crippen LogP contribution >= 0.6 is 11.3 Å². The molecule has 94 valence electrons. The van der Waals surface area contributed by atoms with E-state index in [0.29, 0.717) is 31.2 Å². The summed E-state index contributed by atoms with van der Waals surface area (Å²) >= 11 is 1.25. The van der Waals surface area contributed by atoms with Crippen LogP contribution in [-0.2, 0) is 11.3 Å². The van der Waals surface area contributed by atoms with E-state index < -0.39 is 5.97 Å². The van der Waals surface area contributed by atoms with E-state index in [0.717, 1.165) is 11.1 Å². The number of carboxylic acid groups (broad SMARTS) is 1. The van der Waals surface area contributed by atoms with Crippen molar-refractivity contribution in [1.29, 1.82) is 0 Å². The Morgan fingerprint density at radius 2 is 2.41 bits per heavy atom. The fraction of sp³-hybridized carbons (Fsp3) is 0.417. The molecular formula is C12H17NO3S. The first-order chi connectivity index (χ1) is 8.11. The Kier molecular flexibility index (Phi) is 5.90. The molecule has 0 aromatic carbocycles. The highest BCUT2D eigenvalue weighted by Crippen LogP contribution is 2.16. The predicted octanol–water partition coefficient (Wildman–Crippen LogP) is 2.13. The Hall–Kier alpha value is -1.17. The van der Waals surface area contributed by atoms with Gasteiger partial charge in [-0.25, -0.2) is 4.79 Å². The summed E-state index contributed by atoms with van der Waals surface area (Å²) in [6.07, 6.45) is 0. The van der Waals surface area contributed by atoms with Crippen molar-refractivity contribution in [3.63, 3.8) is 0 Å². The van der Waals surface area contributed by atoms with Crippen molar-refractivity contribution in [1.82, 2.24) is 5.32 Å². The molecule has 1 aromatic rings. The van der Waals surface area contributed by atoms with Crippen molar-refractivity contribution < 1.29 is 14.6 Å². The molecule has 0 saturated heterocycles. The second-order valence-electron chi connectivity index (χ2n) is 3.77. The number of carbonyl (C=O) groups is 1. The molecule has 0 radical (unpaired) electrons. The second-order valence-corrected chi connectivity index (χ2v) is 4.68. The molecule has 2 N–H and O–H groups in total. The fourth-order valence-electron chi connectivity index (χ4n) is 1.28. The van der Waals surface area contributed by atoms with Crippen LogP contribution in [-0.4, -0.2) is 30.8 Å². The quantitative estimate of drug-likeness (QED) is 0.552. The summed E-state index contributed by atoms with van der Waals surface area (Å²) in [7, 11) is 0. The van der Waals surface area contributed by atoms with Gasteiger partial charge in [0, 0.05) is 13.1 Å². The second kappa shape index (κ2) is 7.21. The maximum Gasteiger partial charge on any atom is 0.346 e. The van der Waals surface area contributed by atoms with Gasteiger partial charge in [-0.2, -0.15) is 0 Å². The third kappa shape index (κ3) is 5.12. The standard InChI is InChI=1S/C12H17NO3S/c1-9(2)8-16-5-4-13-7-10-3-6-17-11(10)12(14)15/h3,6,13H,1,4-5,7-8H2,2H3,(H,14,15). The lowest BCUT2D eigenvalue weighted by molar-refractivity contribution is 0.0701. The van der Waals surface area contributed by atoms with Crippen molar-refractivity contribution >= 4 is 17.3 Å². The Labute approximate surface area is 105 Å². The third-order valence-electron chi connectivity index (χ3n) is 2.03. The highest BCUT2D eigenvalue weighted by molar-refractivity contribution is 7.12. The topological polar surface area (TPSA) is 58.6 Å². The summed E-state index contributed by atoms with van der Waals surface area (Å²) in [5.74, 6) is -0.865. The lowest BCUT2D eigenvalue weighted by Crippen LogP contribution is -2.20. The van der Waals surface area contributed by atoms with Crippen LogP contribution in [0.5, 0.6) is 0 Å². The lowest BCUT2D eigenvalue weighted by Gasteiger charge is -2.05. The van der Waals surface area contributed by atoms with Gasteiger partial charge in [0.1, 0.15) is 4.88 Å². The van der Waals surface area contributed by atoms with Crippen molar-refractivity contribution in [3.05, 3.63) is 34.0 Å². The zero-order valence-corrected chi connectivity index (χ0v) is 10.7. The number of hydrogen-bond donors (Lipinski definition) is 2. The number of nitrogens with one attached hydrogen (secondary N) is 1. The molecule has 5 heteroatoms. The van der Waals surface area contributed by atoms with Crippen LogP contribution in [0.3, 0.4) is 0 Å². The molecule has 1 rings (SSSR count). The molecule has 4 nitrogen and oxygen atoms in total. The van der Waals surface area contributed by atoms with Gasteiger partial charge in [-0.15, -0.1) is 11.3 Å². The van der Waals surface area contributed by atoms with Crippen LogP contribution in [0.15, 0.2) is 23.6 Å². The Bertz CT molecular complexity index is 387. The van der Waals surface area contributed by atoms with Gasteiger partial charge >= 0.3 is 5.97 Å².